The molecule has 2 aromatic rings. The lowest BCUT2D eigenvalue weighted by Crippen LogP contribution is -2.36. The van der Waals surface area contributed by atoms with Gasteiger partial charge < -0.3 is 5.32 Å². The molecule has 1 aromatic carbocycles. The first-order valence-electron chi connectivity index (χ1n) is 7.62. The van der Waals surface area contributed by atoms with Gasteiger partial charge in [-0.25, -0.2) is 4.68 Å². The zero-order chi connectivity index (χ0) is 19.5. The van der Waals surface area contributed by atoms with Gasteiger partial charge in [-0.15, -0.1) is 0 Å². The molecule has 0 aliphatic rings. The Balaban J connectivity index is 2.27. The van der Waals surface area contributed by atoms with Gasteiger partial charge in [-0.3, -0.25) is 5.43 Å². The molecule has 2 N–H and O–H groups in total. The third kappa shape index (κ3) is 4.95. The van der Waals surface area contributed by atoms with Crippen molar-refractivity contribution < 1.29 is 13.2 Å². The van der Waals surface area contributed by atoms with E-state index in [0.29, 0.717) is 16.4 Å². The summed E-state index contributed by atoms with van der Waals surface area (Å²) in [5, 5.41) is 11.6. The van der Waals surface area contributed by atoms with E-state index in [1.54, 1.807) is 6.92 Å². The number of benzene rings is 1. The summed E-state index contributed by atoms with van der Waals surface area (Å²) >= 11 is 11.3. The Morgan fingerprint density at radius 3 is 2.69 bits per heavy atom. The Hall–Kier alpha value is -2.13. The third-order valence-corrected chi connectivity index (χ3v) is 3.82. The minimum atomic E-state index is -4.45. The summed E-state index contributed by atoms with van der Waals surface area (Å²) in [6.45, 7) is 5.54. The van der Waals surface area contributed by atoms with Crippen LogP contribution >= 0.6 is 23.8 Å². The van der Waals surface area contributed by atoms with E-state index in [0.717, 1.165) is 12.1 Å². The number of nitrogens with zero attached hydrogens (tertiary/aromatic N) is 3. The van der Waals surface area contributed by atoms with Crippen molar-refractivity contribution in [1.82, 2.24) is 20.5 Å². The smallest absolute Gasteiger partial charge is 0.359 e. The second-order valence-electron chi connectivity index (χ2n) is 5.75. The number of hydrogen-bond donors (Lipinski definition) is 2. The Morgan fingerprint density at radius 2 is 2.08 bits per heavy atom. The van der Waals surface area contributed by atoms with Crippen LogP contribution in [0.2, 0.25) is 5.15 Å². The molecule has 10 heteroatoms. The number of alkyl halides is 3. The van der Waals surface area contributed by atoms with Crippen LogP contribution in [0.15, 0.2) is 29.4 Å². The van der Waals surface area contributed by atoms with Gasteiger partial charge in [-0.2, -0.15) is 23.4 Å². The number of aromatic nitrogens is 2. The number of rotatable bonds is 4. The molecule has 0 unspecified atom stereocenters. The van der Waals surface area contributed by atoms with Crippen LogP contribution in [-0.4, -0.2) is 27.1 Å². The minimum Gasteiger partial charge on any atom is -0.359 e. The minimum absolute atomic E-state index is 0.148. The highest BCUT2D eigenvalue weighted by molar-refractivity contribution is 7.80. The van der Waals surface area contributed by atoms with Crippen molar-refractivity contribution in [2.75, 3.05) is 0 Å². The number of thiocarbonyl (C=S) groups is 1. The van der Waals surface area contributed by atoms with E-state index in [1.807, 2.05) is 13.8 Å². The summed E-state index contributed by atoms with van der Waals surface area (Å²) in [5.74, 6) is 0. The largest absolute Gasteiger partial charge is 0.416 e. The molecule has 0 saturated heterocycles. The summed E-state index contributed by atoms with van der Waals surface area (Å²) < 4.78 is 39.9. The number of hydrogen-bond acceptors (Lipinski definition) is 3. The fourth-order valence-electron chi connectivity index (χ4n) is 2.09. The monoisotopic (exact) mass is 403 g/mol. The van der Waals surface area contributed by atoms with Crippen molar-refractivity contribution in [3.8, 4) is 5.69 Å². The molecule has 0 amide bonds. The summed E-state index contributed by atoms with van der Waals surface area (Å²) in [6.07, 6.45) is -3.03. The average Bonchev–Trinajstić information content (AvgIpc) is 2.81. The van der Waals surface area contributed by atoms with Crippen LogP contribution in [0.3, 0.4) is 0 Å². The Kier molecular flexibility index (Phi) is 6.25. The summed E-state index contributed by atoms with van der Waals surface area (Å²) in [4.78, 5) is 0. The molecule has 0 bridgehead atoms. The molecule has 0 aliphatic carbocycles. The SMILES string of the molecule is Cc1nn(-c2cccc(C(F)(F)F)c2)c(Cl)c1/C=N/NC(=S)NC(C)C. The van der Waals surface area contributed by atoms with Gasteiger partial charge in [0.05, 0.1) is 28.7 Å². The van der Waals surface area contributed by atoms with Gasteiger partial charge >= 0.3 is 6.18 Å². The summed E-state index contributed by atoms with van der Waals surface area (Å²) in [5.41, 5.74) is 3.06. The molecule has 26 heavy (non-hydrogen) atoms. The average molecular weight is 404 g/mol. The van der Waals surface area contributed by atoms with Crippen molar-refractivity contribution in [3.63, 3.8) is 0 Å². The van der Waals surface area contributed by atoms with E-state index in [1.165, 1.54) is 23.0 Å². The highest BCUT2D eigenvalue weighted by Gasteiger charge is 2.30. The molecule has 0 spiro atoms. The van der Waals surface area contributed by atoms with Crippen molar-refractivity contribution in [2.45, 2.75) is 33.0 Å². The highest BCUT2D eigenvalue weighted by Crippen LogP contribution is 2.31. The van der Waals surface area contributed by atoms with E-state index in [-0.39, 0.29) is 16.9 Å². The molecule has 1 aromatic heterocycles. The summed E-state index contributed by atoms with van der Waals surface area (Å²) in [6, 6.07) is 4.92. The first kappa shape index (κ1) is 20.2. The Bertz CT molecular complexity index is 830. The molecule has 1 heterocycles. The first-order valence-corrected chi connectivity index (χ1v) is 8.40. The predicted molar refractivity (Wildman–Crippen MR) is 99.9 cm³/mol. The molecule has 140 valence electrons. The summed E-state index contributed by atoms with van der Waals surface area (Å²) in [7, 11) is 0. The second kappa shape index (κ2) is 8.05. The second-order valence-corrected chi connectivity index (χ2v) is 6.51. The topological polar surface area (TPSA) is 54.2 Å². The molecule has 0 fully saturated rings. The van der Waals surface area contributed by atoms with Crippen molar-refractivity contribution in [2.24, 2.45) is 5.10 Å². The van der Waals surface area contributed by atoms with E-state index < -0.39 is 11.7 Å². The molecule has 0 aliphatic heterocycles. The molecular weight excluding hydrogens is 387 g/mol. The molecule has 0 saturated carbocycles. The molecule has 0 atom stereocenters. The maximum absolute atomic E-state index is 12.9. The molecule has 5 nitrogen and oxygen atoms in total. The van der Waals surface area contributed by atoms with Crippen LogP contribution in [0.5, 0.6) is 0 Å². The van der Waals surface area contributed by atoms with Crippen molar-refractivity contribution in [1.29, 1.82) is 0 Å². The van der Waals surface area contributed by atoms with Crippen LogP contribution in [-0.2, 0) is 6.18 Å². The fourth-order valence-corrected chi connectivity index (χ4v) is 2.70. The number of hydrazone groups is 1. The van der Waals surface area contributed by atoms with Gasteiger partial charge in [0, 0.05) is 6.04 Å². The van der Waals surface area contributed by atoms with Gasteiger partial charge in [0.2, 0.25) is 0 Å². The van der Waals surface area contributed by atoms with Crippen LogP contribution in [0.25, 0.3) is 5.69 Å². The van der Waals surface area contributed by atoms with Crippen molar-refractivity contribution in [3.05, 3.63) is 46.2 Å². The number of aryl methyl sites for hydroxylation is 1. The molecule has 2 rings (SSSR count). The third-order valence-electron chi connectivity index (χ3n) is 3.25. The maximum atomic E-state index is 12.9. The number of halogens is 4. The van der Waals surface area contributed by atoms with E-state index in [4.69, 9.17) is 23.8 Å². The standard InChI is InChI=1S/C16H17ClF3N5S/c1-9(2)22-15(26)23-21-8-13-10(3)24-25(14(13)17)12-6-4-5-11(7-12)16(18,19)20/h4-9H,1-3H3,(H2,22,23,26)/b21-8+. The first-order chi connectivity index (χ1) is 12.1. The highest BCUT2D eigenvalue weighted by atomic mass is 35.5. The normalized spacial score (nSPS) is 12.0. The van der Waals surface area contributed by atoms with E-state index >= 15 is 0 Å². The zero-order valence-electron chi connectivity index (χ0n) is 14.2. The van der Waals surface area contributed by atoms with Gasteiger partial charge in [-0.05, 0) is 51.2 Å². The van der Waals surface area contributed by atoms with Crippen LogP contribution in [0.1, 0.15) is 30.7 Å². The van der Waals surface area contributed by atoms with E-state index in [2.05, 4.69) is 20.9 Å². The molecule has 0 radical (unpaired) electrons. The Labute approximate surface area is 159 Å². The van der Waals surface area contributed by atoms with Gasteiger partial charge in [-0.1, -0.05) is 17.7 Å². The van der Waals surface area contributed by atoms with Crippen LogP contribution in [0, 0.1) is 6.92 Å². The van der Waals surface area contributed by atoms with Gasteiger partial charge in [0.1, 0.15) is 5.15 Å². The maximum Gasteiger partial charge on any atom is 0.416 e. The lowest BCUT2D eigenvalue weighted by atomic mass is 10.2. The van der Waals surface area contributed by atoms with Gasteiger partial charge in [0.15, 0.2) is 5.11 Å². The number of nitrogens with one attached hydrogen (secondary N) is 2. The Morgan fingerprint density at radius 1 is 1.38 bits per heavy atom. The lowest BCUT2D eigenvalue weighted by Gasteiger charge is -2.09. The molecular formula is C16H17ClF3N5S. The van der Waals surface area contributed by atoms with Crippen LogP contribution in [0.4, 0.5) is 13.2 Å². The quantitative estimate of drug-likeness (QED) is 0.459. The fraction of sp³-hybridized carbons (Fsp3) is 0.312. The van der Waals surface area contributed by atoms with E-state index in [9.17, 15) is 13.2 Å². The van der Waals surface area contributed by atoms with Gasteiger partial charge in [0.25, 0.3) is 0 Å². The predicted octanol–water partition coefficient (Wildman–Crippen LogP) is 4.06. The van der Waals surface area contributed by atoms with Crippen LogP contribution < -0.4 is 10.7 Å². The van der Waals surface area contributed by atoms with Crippen molar-refractivity contribution >= 4 is 35.1 Å². The zero-order valence-corrected chi connectivity index (χ0v) is 15.8. The lowest BCUT2D eigenvalue weighted by molar-refractivity contribution is -0.137.